The van der Waals surface area contributed by atoms with Gasteiger partial charge in [0.2, 0.25) is 0 Å². The summed E-state index contributed by atoms with van der Waals surface area (Å²) in [6.45, 7) is 0. The maximum atomic E-state index is 0. The maximum absolute atomic E-state index is 0. The fraction of sp³-hybridized carbons (Fsp3) is 0. The third kappa shape index (κ3) is 89.5. The molecule has 0 bridgehead atoms. The Bertz CT molecular complexity index is 8.49. The Labute approximate surface area is 105 Å². The molecule has 0 rings (SSSR count). The monoisotopic (exact) mass is 174 g/mol. The smallest absolute Gasteiger partial charge is 0.316 e. The average molecular weight is 175 g/mol. The number of rotatable bonds is 0. The van der Waals surface area contributed by atoms with Crippen LogP contribution in [-0.4, -0.2) is 107 Å². The molecule has 12 N–H and O–H groups in total. The maximum Gasteiger partial charge on any atom is 0.316 e. The minimum Gasteiger partial charge on any atom is 0.316 e. The summed E-state index contributed by atoms with van der Waals surface area (Å²) in [6.07, 6.45) is 0. The van der Waals surface area contributed by atoms with E-state index in [1.54, 1.807) is 0 Å². The molecule has 0 atom stereocenters. The number of hydrogen-bond donors (Lipinski definition) is 0. The molecule has 54 valence electrons. The van der Waals surface area contributed by atoms with Crippen molar-refractivity contribution in [1.82, 2.24) is 0 Å². The van der Waals surface area contributed by atoms with E-state index >= 15 is 0 Å². The molecule has 0 aliphatic carbocycles. The Kier molecular flexibility index (Phi) is 2980. The van der Waals surface area contributed by atoms with E-state index in [-0.39, 0.29) is 107 Å². The van der Waals surface area contributed by atoms with Crippen molar-refractivity contribution in [3.63, 3.8) is 0 Å². The van der Waals surface area contributed by atoms with Crippen molar-refractivity contribution in [3.8, 4) is 0 Å². The van der Waals surface area contributed by atoms with Crippen molar-refractivity contribution in [2.75, 3.05) is 0 Å². The molecule has 0 aromatic rings. The minimum absolute atomic E-state index is 0. The van der Waals surface area contributed by atoms with Gasteiger partial charge in [-0.25, -0.2) is 0 Å². The van der Waals surface area contributed by atoms with Crippen LogP contribution >= 0.6 is 0 Å². The molecule has 0 saturated heterocycles. The van der Waals surface area contributed by atoms with Crippen LogP contribution in [0.25, 0.3) is 0 Å². The van der Waals surface area contributed by atoms with Crippen LogP contribution < -0.4 is 0 Å². The average Bonchev–Trinajstić information content (AvgIpc) is 0. The second-order valence-electron chi connectivity index (χ2n) is 0. The molecule has 0 aromatic carbocycles. The van der Waals surface area contributed by atoms with Gasteiger partial charge in [0.15, 0.2) is 0 Å². The second kappa shape index (κ2) is 131. The van der Waals surface area contributed by atoms with Gasteiger partial charge < -0.3 is 32.9 Å². The Morgan fingerprint density at radius 1 is 0.375 bits per heavy atom. The van der Waals surface area contributed by atoms with Gasteiger partial charge in [-0.3, -0.25) is 0 Å². The van der Waals surface area contributed by atoms with Crippen molar-refractivity contribution in [3.05, 3.63) is 0 Å². The topological polar surface area (TPSA) is 189 Å². The van der Waals surface area contributed by atoms with Crippen molar-refractivity contribution in [2.45, 2.75) is 0 Å². The van der Waals surface area contributed by atoms with Crippen LogP contribution in [0.5, 0.6) is 0 Å². The molecule has 8 heavy (non-hydrogen) atoms. The SMILES string of the molecule is O.O.O.O.O.O.[KH].[MgH2]. The largest absolute Gasteiger partial charge is 0.316 e. The predicted octanol–water partition coefficient (Wildman–Crippen LogP) is -6.51. The van der Waals surface area contributed by atoms with Crippen LogP contribution in [0.3, 0.4) is 0 Å². The van der Waals surface area contributed by atoms with Gasteiger partial charge in [-0.15, -0.1) is 0 Å². The van der Waals surface area contributed by atoms with Crippen LogP contribution in [-0.2, 0) is 0 Å². The zero-order valence-electron chi connectivity index (χ0n) is 3.00. The van der Waals surface area contributed by atoms with Crippen LogP contribution in [0.4, 0.5) is 0 Å². The molecule has 0 radical (unpaired) electrons. The van der Waals surface area contributed by atoms with Gasteiger partial charge in [0, 0.05) is 0 Å². The molecule has 0 heterocycles. The minimum atomic E-state index is 0. The van der Waals surface area contributed by atoms with Crippen LogP contribution in [0, 0.1) is 0 Å². The molecule has 0 spiro atoms. The van der Waals surface area contributed by atoms with E-state index < -0.39 is 0 Å². The van der Waals surface area contributed by atoms with E-state index in [9.17, 15) is 0 Å². The number of hydrogen-bond acceptors (Lipinski definition) is 0. The summed E-state index contributed by atoms with van der Waals surface area (Å²) in [4.78, 5) is 0. The molecule has 0 unspecified atom stereocenters. The van der Waals surface area contributed by atoms with Gasteiger partial charge in [0.1, 0.15) is 0 Å². The molecular weight excluding hydrogens is 159 g/mol. The summed E-state index contributed by atoms with van der Waals surface area (Å²) in [7, 11) is 0. The molecule has 0 aliphatic rings. The molecule has 0 aromatic heterocycles. The van der Waals surface area contributed by atoms with E-state index in [0.29, 0.717) is 0 Å². The van der Waals surface area contributed by atoms with E-state index in [1.165, 1.54) is 0 Å². The third-order valence-electron chi connectivity index (χ3n) is 0. The van der Waals surface area contributed by atoms with Gasteiger partial charge in [-0.05, 0) is 0 Å². The Balaban J connectivity index is 0. The van der Waals surface area contributed by atoms with Gasteiger partial charge in [0.25, 0.3) is 0 Å². The molecule has 6 nitrogen and oxygen atoms in total. The normalized spacial score (nSPS) is 0. The third-order valence-corrected chi connectivity index (χ3v) is 0. The van der Waals surface area contributed by atoms with Crippen molar-refractivity contribution in [1.29, 1.82) is 0 Å². The molecule has 0 saturated carbocycles. The summed E-state index contributed by atoms with van der Waals surface area (Å²) in [6, 6.07) is 0. The first-order chi connectivity index (χ1) is 0. The Morgan fingerprint density at radius 2 is 0.375 bits per heavy atom. The first-order valence-electron chi connectivity index (χ1n) is 0. The zero-order chi connectivity index (χ0) is 0. The van der Waals surface area contributed by atoms with E-state index in [0.717, 1.165) is 0 Å². The zero-order valence-corrected chi connectivity index (χ0v) is 3.00. The van der Waals surface area contributed by atoms with Crippen LogP contribution in [0.1, 0.15) is 0 Å². The van der Waals surface area contributed by atoms with Gasteiger partial charge in [0.05, 0.1) is 0 Å². The fourth-order valence-electron chi connectivity index (χ4n) is 0. The summed E-state index contributed by atoms with van der Waals surface area (Å²) >= 11 is 0. The van der Waals surface area contributed by atoms with Crippen LogP contribution in [0.2, 0.25) is 0 Å². The fourth-order valence-corrected chi connectivity index (χ4v) is 0. The predicted molar refractivity (Wildman–Crippen MR) is 37.4 cm³/mol. The molecule has 0 amide bonds. The molecule has 8 heteroatoms. The summed E-state index contributed by atoms with van der Waals surface area (Å²) in [5, 5.41) is 0. The summed E-state index contributed by atoms with van der Waals surface area (Å²) in [5.74, 6) is 0. The van der Waals surface area contributed by atoms with Crippen molar-refractivity contribution >= 4 is 74.4 Å². The first-order valence-corrected chi connectivity index (χ1v) is 0. The van der Waals surface area contributed by atoms with Crippen molar-refractivity contribution < 1.29 is 32.9 Å². The standard InChI is InChI=1S/K.Mg.6H2O.3H/h;;6*1H2;;;. The van der Waals surface area contributed by atoms with E-state index in [2.05, 4.69) is 0 Å². The Morgan fingerprint density at radius 3 is 0.375 bits per heavy atom. The van der Waals surface area contributed by atoms with Gasteiger partial charge in [-0.2, -0.15) is 0 Å². The molecular formula is H15KMgO6. The second-order valence-corrected chi connectivity index (χ2v) is 0. The summed E-state index contributed by atoms with van der Waals surface area (Å²) < 4.78 is 0. The van der Waals surface area contributed by atoms with Gasteiger partial charge >= 0.3 is 74.4 Å². The van der Waals surface area contributed by atoms with Crippen LogP contribution in [0.15, 0.2) is 0 Å². The molecule has 0 aliphatic heterocycles. The first kappa shape index (κ1) is 182. The van der Waals surface area contributed by atoms with Crippen molar-refractivity contribution in [2.24, 2.45) is 0 Å². The van der Waals surface area contributed by atoms with E-state index in [1.807, 2.05) is 0 Å². The molecule has 0 fully saturated rings. The quantitative estimate of drug-likeness (QED) is 0.316. The Hall–Kier alpha value is 2.16. The van der Waals surface area contributed by atoms with Gasteiger partial charge in [-0.1, -0.05) is 0 Å². The summed E-state index contributed by atoms with van der Waals surface area (Å²) in [5.41, 5.74) is 0. The van der Waals surface area contributed by atoms with E-state index in [4.69, 9.17) is 0 Å².